The highest BCUT2D eigenvalue weighted by Gasteiger charge is 2.35. The molecule has 0 bridgehead atoms. The summed E-state index contributed by atoms with van der Waals surface area (Å²) in [5.41, 5.74) is 3.77. The number of aryl methyl sites for hydroxylation is 3. The van der Waals surface area contributed by atoms with Crippen LogP contribution < -0.4 is 14.4 Å². The second-order valence-electron chi connectivity index (χ2n) is 11.8. The van der Waals surface area contributed by atoms with Crippen LogP contribution in [-0.2, 0) is 26.2 Å². The lowest BCUT2D eigenvalue weighted by Crippen LogP contribution is -2.54. The molecule has 1 aliphatic rings. The van der Waals surface area contributed by atoms with E-state index < -0.39 is 28.5 Å². The molecular formula is C35H45N3O5S. The summed E-state index contributed by atoms with van der Waals surface area (Å²) < 4.78 is 34.9. The molecule has 2 amide bonds. The first-order chi connectivity index (χ1) is 21.0. The minimum absolute atomic E-state index is 0.0802. The fourth-order valence-corrected chi connectivity index (χ4v) is 7.20. The van der Waals surface area contributed by atoms with Crippen LogP contribution in [0.5, 0.6) is 5.75 Å². The topological polar surface area (TPSA) is 96.0 Å². The van der Waals surface area contributed by atoms with Crippen LogP contribution in [0.15, 0.2) is 71.6 Å². The molecule has 1 aliphatic carbocycles. The first kappa shape index (κ1) is 33.1. The zero-order valence-electron chi connectivity index (χ0n) is 26.5. The van der Waals surface area contributed by atoms with E-state index in [4.69, 9.17) is 4.74 Å². The largest absolute Gasteiger partial charge is 0.497 e. The fraction of sp³-hybridized carbons (Fsp3) is 0.429. The van der Waals surface area contributed by atoms with Crippen LogP contribution in [0.3, 0.4) is 0 Å². The number of hydrogen-bond donors (Lipinski definition) is 1. The Morgan fingerprint density at radius 2 is 1.55 bits per heavy atom. The van der Waals surface area contributed by atoms with Crippen LogP contribution in [-0.4, -0.2) is 50.9 Å². The van der Waals surface area contributed by atoms with E-state index in [1.54, 1.807) is 37.4 Å². The lowest BCUT2D eigenvalue weighted by Gasteiger charge is -2.35. The SMILES string of the molecule is CC[C@@H](C(=O)NC1CCCCC1)N(Cc1ccc(OC)cc1)C(=O)CN(c1cc(C)ccc1C)S(=O)(=O)c1ccc(C)cc1. The van der Waals surface area contributed by atoms with Gasteiger partial charge in [0.15, 0.2) is 0 Å². The van der Waals surface area contributed by atoms with Gasteiger partial charge in [-0.25, -0.2) is 8.42 Å². The third-order valence-corrected chi connectivity index (χ3v) is 10.1. The molecule has 9 heteroatoms. The van der Waals surface area contributed by atoms with Crippen molar-refractivity contribution < 1.29 is 22.7 Å². The molecule has 0 heterocycles. The Balaban J connectivity index is 1.73. The molecule has 1 saturated carbocycles. The van der Waals surface area contributed by atoms with Crippen molar-refractivity contribution >= 4 is 27.5 Å². The van der Waals surface area contributed by atoms with E-state index in [-0.39, 0.29) is 23.4 Å². The van der Waals surface area contributed by atoms with E-state index >= 15 is 0 Å². The average Bonchev–Trinajstić information content (AvgIpc) is 3.02. The number of benzene rings is 3. The van der Waals surface area contributed by atoms with E-state index in [1.807, 2.05) is 64.1 Å². The highest BCUT2D eigenvalue weighted by molar-refractivity contribution is 7.92. The van der Waals surface area contributed by atoms with Crippen LogP contribution in [0.25, 0.3) is 0 Å². The van der Waals surface area contributed by atoms with Gasteiger partial charge < -0.3 is 15.0 Å². The van der Waals surface area contributed by atoms with Crippen LogP contribution in [0.1, 0.15) is 67.7 Å². The van der Waals surface area contributed by atoms with Gasteiger partial charge >= 0.3 is 0 Å². The maximum Gasteiger partial charge on any atom is 0.264 e. The number of amides is 2. The third-order valence-electron chi connectivity index (χ3n) is 8.37. The van der Waals surface area contributed by atoms with Crippen LogP contribution in [0.2, 0.25) is 0 Å². The first-order valence-electron chi connectivity index (χ1n) is 15.4. The van der Waals surface area contributed by atoms with Crippen LogP contribution >= 0.6 is 0 Å². The molecule has 0 radical (unpaired) electrons. The molecule has 0 saturated heterocycles. The monoisotopic (exact) mass is 619 g/mol. The van der Waals surface area contributed by atoms with E-state index in [0.29, 0.717) is 17.9 Å². The number of carbonyl (C=O) groups excluding carboxylic acids is 2. The number of nitrogens with zero attached hydrogens (tertiary/aromatic N) is 2. The molecule has 236 valence electrons. The highest BCUT2D eigenvalue weighted by atomic mass is 32.2. The Hall–Kier alpha value is -3.85. The molecule has 1 N–H and O–H groups in total. The molecule has 3 aromatic carbocycles. The number of methoxy groups -OCH3 is 1. The zero-order valence-corrected chi connectivity index (χ0v) is 27.3. The summed E-state index contributed by atoms with van der Waals surface area (Å²) >= 11 is 0. The van der Waals surface area contributed by atoms with Crippen molar-refractivity contribution in [3.05, 3.63) is 89.0 Å². The third kappa shape index (κ3) is 8.00. The number of nitrogens with one attached hydrogen (secondary N) is 1. The Morgan fingerprint density at radius 3 is 2.16 bits per heavy atom. The van der Waals surface area contributed by atoms with Crippen LogP contribution in [0, 0.1) is 20.8 Å². The molecule has 1 atom stereocenters. The molecule has 0 unspecified atom stereocenters. The van der Waals surface area contributed by atoms with Gasteiger partial charge in [0, 0.05) is 12.6 Å². The molecule has 8 nitrogen and oxygen atoms in total. The lowest BCUT2D eigenvalue weighted by molar-refractivity contribution is -0.140. The van der Waals surface area contributed by atoms with Gasteiger partial charge in [0.2, 0.25) is 11.8 Å². The number of anilines is 1. The van der Waals surface area contributed by atoms with Crippen molar-refractivity contribution in [2.75, 3.05) is 18.0 Å². The fourth-order valence-electron chi connectivity index (χ4n) is 5.73. The van der Waals surface area contributed by atoms with Crippen molar-refractivity contribution in [1.29, 1.82) is 0 Å². The second-order valence-corrected chi connectivity index (χ2v) is 13.6. The normalized spacial score (nSPS) is 14.5. The summed E-state index contributed by atoms with van der Waals surface area (Å²) in [4.78, 5) is 29.8. The second kappa shape index (κ2) is 14.8. The molecule has 1 fully saturated rings. The number of hydrogen-bond acceptors (Lipinski definition) is 5. The number of rotatable bonds is 12. The van der Waals surface area contributed by atoms with Gasteiger partial charge in [-0.1, -0.05) is 68.1 Å². The van der Waals surface area contributed by atoms with Gasteiger partial charge in [-0.05, 0) is 87.1 Å². The summed E-state index contributed by atoms with van der Waals surface area (Å²) in [6, 6.07) is 18.8. The van der Waals surface area contributed by atoms with Gasteiger partial charge in [0.25, 0.3) is 10.0 Å². The van der Waals surface area contributed by atoms with Gasteiger partial charge in [-0.3, -0.25) is 13.9 Å². The lowest BCUT2D eigenvalue weighted by atomic mass is 9.95. The summed E-state index contributed by atoms with van der Waals surface area (Å²) in [7, 11) is -2.54. The van der Waals surface area contributed by atoms with Crippen molar-refractivity contribution in [2.24, 2.45) is 0 Å². The maximum atomic E-state index is 14.4. The summed E-state index contributed by atoms with van der Waals surface area (Å²) in [6.07, 6.45) is 5.52. The number of carbonyl (C=O) groups is 2. The van der Waals surface area contributed by atoms with E-state index in [0.717, 1.165) is 54.4 Å². The van der Waals surface area contributed by atoms with Gasteiger partial charge in [0.05, 0.1) is 17.7 Å². The number of sulfonamides is 1. The van der Waals surface area contributed by atoms with Crippen molar-refractivity contribution in [3.63, 3.8) is 0 Å². The molecule has 3 aromatic rings. The summed E-state index contributed by atoms with van der Waals surface area (Å²) in [6.45, 7) is 7.18. The number of ether oxygens (including phenoxy) is 1. The Labute approximate surface area is 262 Å². The Kier molecular flexibility index (Phi) is 11.1. The summed E-state index contributed by atoms with van der Waals surface area (Å²) in [5.74, 6) is 0.0167. The minimum Gasteiger partial charge on any atom is -0.497 e. The standard InChI is InChI=1S/C35H45N3O5S/c1-6-32(35(40)36-29-10-8-7-9-11-29)37(23-28-16-18-30(43-5)19-17-28)34(39)24-38(33-22-26(3)12-15-27(33)4)44(41,42)31-20-13-25(2)14-21-31/h12-22,29,32H,6-11,23-24H2,1-5H3,(H,36,40)/t32-/m0/s1. The van der Waals surface area contributed by atoms with Crippen molar-refractivity contribution in [2.45, 2.75) is 89.7 Å². The minimum atomic E-state index is -4.13. The van der Waals surface area contributed by atoms with E-state index in [9.17, 15) is 18.0 Å². The Morgan fingerprint density at radius 1 is 0.909 bits per heavy atom. The van der Waals surface area contributed by atoms with Crippen LogP contribution in [0.4, 0.5) is 5.69 Å². The van der Waals surface area contributed by atoms with Gasteiger partial charge in [0.1, 0.15) is 18.3 Å². The van der Waals surface area contributed by atoms with E-state index in [2.05, 4.69) is 5.32 Å². The maximum absolute atomic E-state index is 14.4. The smallest absolute Gasteiger partial charge is 0.264 e. The molecular weight excluding hydrogens is 574 g/mol. The summed E-state index contributed by atoms with van der Waals surface area (Å²) in [5, 5.41) is 3.19. The molecule has 0 aromatic heterocycles. The molecule has 44 heavy (non-hydrogen) atoms. The highest BCUT2D eigenvalue weighted by Crippen LogP contribution is 2.29. The van der Waals surface area contributed by atoms with Crippen molar-refractivity contribution in [1.82, 2.24) is 10.2 Å². The molecule has 4 rings (SSSR count). The quantitative estimate of drug-likeness (QED) is 0.266. The van der Waals surface area contributed by atoms with E-state index in [1.165, 1.54) is 9.21 Å². The Bertz CT molecular complexity index is 1530. The van der Waals surface area contributed by atoms with Gasteiger partial charge in [-0.2, -0.15) is 0 Å². The predicted molar refractivity (Wildman–Crippen MR) is 174 cm³/mol. The average molecular weight is 620 g/mol. The molecule has 0 spiro atoms. The molecule has 0 aliphatic heterocycles. The van der Waals surface area contributed by atoms with Crippen molar-refractivity contribution in [3.8, 4) is 5.75 Å². The zero-order chi connectivity index (χ0) is 31.9. The predicted octanol–water partition coefficient (Wildman–Crippen LogP) is 6.07. The van der Waals surface area contributed by atoms with Gasteiger partial charge in [-0.15, -0.1) is 0 Å². The first-order valence-corrected chi connectivity index (χ1v) is 16.9.